The Morgan fingerprint density at radius 2 is 1.70 bits per heavy atom. The molecular weight excluding hydrogens is 578 g/mol. The Kier molecular flexibility index (Phi) is 8.62. The molecule has 37 heavy (non-hydrogen) atoms. The van der Waals surface area contributed by atoms with Crippen LogP contribution < -0.4 is 19.7 Å². The molecule has 3 aromatic carbocycles. The lowest BCUT2D eigenvalue weighted by molar-refractivity contribution is -0.122. The number of anilines is 1. The number of thiocarbonyl (C=S) groups is 1. The van der Waals surface area contributed by atoms with Crippen LogP contribution in [-0.2, 0) is 16.2 Å². The van der Waals surface area contributed by atoms with Gasteiger partial charge in [-0.05, 0) is 72.7 Å². The molecule has 1 aliphatic heterocycles. The Balaban J connectivity index is 1.63. The third kappa shape index (κ3) is 6.03. The maximum absolute atomic E-state index is 13.3. The molecule has 190 valence electrons. The average Bonchev–Trinajstić information content (AvgIpc) is 2.86. The molecule has 3 aromatic rings. The van der Waals surface area contributed by atoms with Gasteiger partial charge in [0.2, 0.25) is 0 Å². The third-order valence-corrected chi connectivity index (χ3v) is 7.06. The lowest BCUT2D eigenvalue weighted by Crippen LogP contribution is -2.54. The zero-order chi connectivity index (χ0) is 26.7. The fourth-order valence-electron chi connectivity index (χ4n) is 3.50. The van der Waals surface area contributed by atoms with Gasteiger partial charge in [0.15, 0.2) is 16.6 Å². The van der Waals surface area contributed by atoms with E-state index < -0.39 is 11.8 Å². The number of nitrogens with one attached hydrogen (secondary N) is 1. The molecule has 0 aliphatic carbocycles. The predicted molar refractivity (Wildman–Crippen MR) is 151 cm³/mol. The molecule has 1 N–H and O–H groups in total. The number of hydrogen-bond acceptors (Lipinski definition) is 5. The summed E-state index contributed by atoms with van der Waals surface area (Å²) in [6.45, 7) is 2.43. The second-order valence-corrected chi connectivity index (χ2v) is 9.69. The van der Waals surface area contributed by atoms with Gasteiger partial charge in [-0.15, -0.1) is 0 Å². The standard InChI is InChI=1S/C26H18Cl4N2O4S/c1-2-35-22-12-14(7-9-21(22)36-13-15-6-8-17(27)19(29)11-15)10-16-24(33)31-26(37)32(25(16)34)20-5-3-4-18(28)23(20)30/h3-12H,2,13H2,1H3,(H,31,33,37)/b16-10+. The predicted octanol–water partition coefficient (Wildman–Crippen LogP) is 7.11. The molecule has 0 saturated carbocycles. The minimum absolute atomic E-state index is 0.0997. The highest BCUT2D eigenvalue weighted by molar-refractivity contribution is 7.80. The molecule has 11 heteroatoms. The molecule has 2 amide bonds. The summed E-state index contributed by atoms with van der Waals surface area (Å²) in [4.78, 5) is 27.2. The fraction of sp³-hybridized carbons (Fsp3) is 0.115. The summed E-state index contributed by atoms with van der Waals surface area (Å²) in [5, 5.41) is 3.69. The lowest BCUT2D eigenvalue weighted by Gasteiger charge is -2.29. The topological polar surface area (TPSA) is 67.9 Å². The molecule has 6 nitrogen and oxygen atoms in total. The van der Waals surface area contributed by atoms with Gasteiger partial charge < -0.3 is 9.47 Å². The first-order valence-corrected chi connectivity index (χ1v) is 12.8. The lowest BCUT2D eigenvalue weighted by atomic mass is 10.1. The molecule has 0 spiro atoms. The zero-order valence-electron chi connectivity index (χ0n) is 19.2. The Morgan fingerprint density at radius 1 is 0.919 bits per heavy atom. The number of carbonyl (C=O) groups excluding carboxylic acids is 2. The number of ether oxygens (including phenoxy) is 2. The largest absolute Gasteiger partial charge is 0.490 e. The first-order valence-electron chi connectivity index (χ1n) is 10.9. The smallest absolute Gasteiger partial charge is 0.270 e. The molecule has 1 saturated heterocycles. The van der Waals surface area contributed by atoms with E-state index in [0.717, 1.165) is 10.5 Å². The van der Waals surface area contributed by atoms with Crippen LogP contribution in [0.5, 0.6) is 11.5 Å². The van der Waals surface area contributed by atoms with Crippen LogP contribution >= 0.6 is 58.6 Å². The SMILES string of the molecule is CCOc1cc(/C=C2\C(=O)NC(=S)N(c3cccc(Cl)c3Cl)C2=O)ccc1OCc1ccc(Cl)c(Cl)c1. The summed E-state index contributed by atoms with van der Waals surface area (Å²) in [6.07, 6.45) is 1.44. The van der Waals surface area contributed by atoms with Crippen molar-refractivity contribution in [2.24, 2.45) is 0 Å². The van der Waals surface area contributed by atoms with E-state index in [9.17, 15) is 9.59 Å². The van der Waals surface area contributed by atoms with E-state index in [0.29, 0.717) is 33.7 Å². The molecule has 0 unspecified atom stereocenters. The van der Waals surface area contributed by atoms with Crippen LogP contribution in [0.1, 0.15) is 18.1 Å². The van der Waals surface area contributed by atoms with E-state index in [1.807, 2.05) is 13.0 Å². The highest BCUT2D eigenvalue weighted by Gasteiger charge is 2.35. The molecule has 1 fully saturated rings. The molecule has 1 aliphatic rings. The summed E-state index contributed by atoms with van der Waals surface area (Å²) in [6, 6.07) is 15.1. The van der Waals surface area contributed by atoms with Crippen LogP contribution in [0, 0.1) is 0 Å². The monoisotopic (exact) mass is 594 g/mol. The van der Waals surface area contributed by atoms with Gasteiger partial charge in [-0.2, -0.15) is 0 Å². The number of carbonyl (C=O) groups is 2. The molecule has 0 bridgehead atoms. The number of amides is 2. The highest BCUT2D eigenvalue weighted by atomic mass is 35.5. The first-order chi connectivity index (χ1) is 17.7. The van der Waals surface area contributed by atoms with Crippen LogP contribution in [0.4, 0.5) is 5.69 Å². The normalized spacial score (nSPS) is 14.7. The highest BCUT2D eigenvalue weighted by Crippen LogP contribution is 2.35. The maximum atomic E-state index is 13.3. The van der Waals surface area contributed by atoms with Crippen LogP contribution in [0.3, 0.4) is 0 Å². The fourth-order valence-corrected chi connectivity index (χ4v) is 4.48. The summed E-state index contributed by atoms with van der Waals surface area (Å²) >= 11 is 29.7. The Hall–Kier alpha value is -2.81. The van der Waals surface area contributed by atoms with Crippen LogP contribution in [0.15, 0.2) is 60.2 Å². The number of rotatable bonds is 7. The third-order valence-electron chi connectivity index (χ3n) is 5.23. The van der Waals surface area contributed by atoms with Gasteiger partial charge in [-0.3, -0.25) is 19.8 Å². The summed E-state index contributed by atoms with van der Waals surface area (Å²) in [7, 11) is 0. The van der Waals surface area contributed by atoms with Crippen molar-refractivity contribution in [2.45, 2.75) is 13.5 Å². The second-order valence-electron chi connectivity index (χ2n) is 7.71. The van der Waals surface area contributed by atoms with E-state index in [2.05, 4.69) is 5.32 Å². The average molecular weight is 596 g/mol. The Bertz CT molecular complexity index is 1440. The zero-order valence-corrected chi connectivity index (χ0v) is 23.0. The number of halogens is 4. The van der Waals surface area contributed by atoms with Crippen molar-refractivity contribution in [2.75, 3.05) is 11.5 Å². The van der Waals surface area contributed by atoms with Gasteiger partial charge in [0.05, 0.1) is 32.4 Å². The van der Waals surface area contributed by atoms with Crippen LogP contribution in [0.2, 0.25) is 20.1 Å². The van der Waals surface area contributed by atoms with Gasteiger partial charge in [0.1, 0.15) is 12.2 Å². The van der Waals surface area contributed by atoms with Crippen molar-refractivity contribution >= 4 is 87.3 Å². The quantitative estimate of drug-likeness (QED) is 0.179. The molecule has 1 heterocycles. The Labute approximate surface area is 238 Å². The van der Waals surface area contributed by atoms with Crippen LogP contribution in [0.25, 0.3) is 6.08 Å². The van der Waals surface area contributed by atoms with Crippen molar-refractivity contribution in [1.29, 1.82) is 0 Å². The summed E-state index contributed by atoms with van der Waals surface area (Å²) < 4.78 is 11.7. The molecule has 0 aromatic heterocycles. The molecular formula is C26H18Cl4N2O4S. The van der Waals surface area contributed by atoms with Crippen LogP contribution in [-0.4, -0.2) is 23.5 Å². The van der Waals surface area contributed by atoms with Crippen molar-refractivity contribution in [3.05, 3.63) is 91.4 Å². The van der Waals surface area contributed by atoms with Gasteiger partial charge in [0.25, 0.3) is 11.8 Å². The number of hydrogen-bond donors (Lipinski definition) is 1. The van der Waals surface area contributed by atoms with Crippen molar-refractivity contribution in [1.82, 2.24) is 5.32 Å². The molecule has 0 radical (unpaired) electrons. The van der Waals surface area contributed by atoms with Gasteiger partial charge in [0, 0.05) is 0 Å². The van der Waals surface area contributed by atoms with Gasteiger partial charge in [-0.1, -0.05) is 64.6 Å². The number of benzene rings is 3. The summed E-state index contributed by atoms with van der Waals surface area (Å²) in [5.74, 6) is -0.369. The number of nitrogens with zero attached hydrogens (tertiary/aromatic N) is 1. The van der Waals surface area contributed by atoms with Crippen molar-refractivity contribution < 1.29 is 19.1 Å². The maximum Gasteiger partial charge on any atom is 0.270 e. The van der Waals surface area contributed by atoms with E-state index in [1.54, 1.807) is 48.5 Å². The van der Waals surface area contributed by atoms with E-state index >= 15 is 0 Å². The minimum Gasteiger partial charge on any atom is -0.490 e. The van der Waals surface area contributed by atoms with E-state index in [-0.39, 0.29) is 33.0 Å². The van der Waals surface area contributed by atoms with Gasteiger partial charge in [-0.25, -0.2) is 0 Å². The first kappa shape index (κ1) is 27.2. The van der Waals surface area contributed by atoms with Crippen molar-refractivity contribution in [3.63, 3.8) is 0 Å². The van der Waals surface area contributed by atoms with E-state index in [1.165, 1.54) is 6.08 Å². The Morgan fingerprint density at radius 3 is 2.43 bits per heavy atom. The minimum atomic E-state index is -0.643. The summed E-state index contributed by atoms with van der Waals surface area (Å²) in [5.41, 5.74) is 1.48. The molecule has 0 atom stereocenters. The van der Waals surface area contributed by atoms with Gasteiger partial charge >= 0.3 is 0 Å². The van der Waals surface area contributed by atoms with Crippen molar-refractivity contribution in [3.8, 4) is 11.5 Å². The molecule has 4 rings (SSSR count). The van der Waals surface area contributed by atoms with E-state index in [4.69, 9.17) is 68.1 Å². The second kappa shape index (κ2) is 11.7.